The Balaban J connectivity index is 1.51. The molecule has 0 unspecified atom stereocenters. The van der Waals surface area contributed by atoms with Crippen LogP contribution in [0.2, 0.25) is 5.02 Å². The Morgan fingerprint density at radius 1 is 1.16 bits per heavy atom. The van der Waals surface area contributed by atoms with Gasteiger partial charge < -0.3 is 9.30 Å². The maximum atomic E-state index is 13.1. The van der Waals surface area contributed by atoms with Crippen molar-refractivity contribution in [1.82, 2.24) is 18.9 Å². The maximum absolute atomic E-state index is 13.1. The second kappa shape index (κ2) is 7.89. The molecule has 7 nitrogen and oxygen atoms in total. The Morgan fingerprint density at radius 3 is 2.72 bits per heavy atom. The molecule has 0 aliphatic rings. The molecule has 0 fully saturated rings. The smallest absolute Gasteiger partial charge is 0.350 e. The number of carbonyl (C=O) groups is 1. The molecule has 0 N–H and O–H groups in total. The quantitative estimate of drug-likeness (QED) is 0.359. The summed E-state index contributed by atoms with van der Waals surface area (Å²) in [6, 6.07) is 10.4. The van der Waals surface area contributed by atoms with Crippen LogP contribution in [0.4, 0.5) is 0 Å². The summed E-state index contributed by atoms with van der Waals surface area (Å²) in [6.07, 6.45) is 5.27. The first-order valence-electron chi connectivity index (χ1n) is 9.80. The zero-order valence-electron chi connectivity index (χ0n) is 17.2. The number of pyridine rings is 2. The molecule has 0 saturated carbocycles. The number of hydrogen-bond acceptors (Lipinski definition) is 6. The van der Waals surface area contributed by atoms with Crippen LogP contribution in [0.5, 0.6) is 0 Å². The van der Waals surface area contributed by atoms with Gasteiger partial charge in [-0.1, -0.05) is 11.6 Å². The monoisotopic (exact) mass is 464 g/mol. The van der Waals surface area contributed by atoms with Crippen LogP contribution in [-0.2, 0) is 11.3 Å². The van der Waals surface area contributed by atoms with E-state index in [1.807, 2.05) is 49.0 Å². The van der Waals surface area contributed by atoms with Crippen LogP contribution in [0.3, 0.4) is 0 Å². The lowest BCUT2D eigenvalue weighted by molar-refractivity contribution is 0.0473. The van der Waals surface area contributed by atoms with Crippen LogP contribution in [0.1, 0.15) is 26.6 Å². The number of carbonyl (C=O) groups excluding carboxylic acids is 1. The summed E-state index contributed by atoms with van der Waals surface area (Å²) in [6.45, 7) is 3.80. The van der Waals surface area contributed by atoms with E-state index in [4.69, 9.17) is 16.3 Å². The number of aromatic nitrogens is 4. The summed E-state index contributed by atoms with van der Waals surface area (Å²) in [5.74, 6) is -0.494. The van der Waals surface area contributed by atoms with Crippen molar-refractivity contribution in [3.8, 4) is 5.69 Å². The molecular formula is C23H17ClN4O3S. The number of hydrogen-bond donors (Lipinski definition) is 0. The fourth-order valence-electron chi connectivity index (χ4n) is 3.70. The lowest BCUT2D eigenvalue weighted by Gasteiger charge is -2.09. The van der Waals surface area contributed by atoms with E-state index in [0.29, 0.717) is 21.2 Å². The molecule has 5 heterocycles. The van der Waals surface area contributed by atoms with Crippen molar-refractivity contribution >= 4 is 44.8 Å². The van der Waals surface area contributed by atoms with E-state index >= 15 is 0 Å². The number of esters is 1. The highest BCUT2D eigenvalue weighted by molar-refractivity contribution is 7.21. The molecule has 0 saturated heterocycles. The van der Waals surface area contributed by atoms with E-state index in [2.05, 4.69) is 9.97 Å². The molecule has 32 heavy (non-hydrogen) atoms. The molecule has 0 spiro atoms. The Labute approximate surface area is 191 Å². The van der Waals surface area contributed by atoms with Gasteiger partial charge in [-0.2, -0.15) is 0 Å². The number of fused-ring (bicyclic) bond motifs is 2. The van der Waals surface area contributed by atoms with Gasteiger partial charge in [0.05, 0.1) is 16.4 Å². The lowest BCUT2D eigenvalue weighted by Crippen LogP contribution is -2.16. The molecule has 5 aromatic heterocycles. The average Bonchev–Trinajstić information content (AvgIpc) is 3.40. The summed E-state index contributed by atoms with van der Waals surface area (Å²) in [5, 5.41) is 1.35. The van der Waals surface area contributed by atoms with Crippen LogP contribution in [0, 0.1) is 13.8 Å². The Kier molecular flexibility index (Phi) is 5.03. The molecule has 160 valence electrons. The van der Waals surface area contributed by atoms with Gasteiger partial charge in [-0.3, -0.25) is 9.20 Å². The zero-order valence-corrected chi connectivity index (χ0v) is 18.8. The SMILES string of the molecule is Cc1cc(C)c2c(-n3cccc3)c(C(=O)OCc3cc(=O)n4cc(Cl)ccc4n3)sc2n1. The molecule has 0 amide bonds. The molecule has 9 heteroatoms. The largest absolute Gasteiger partial charge is 0.455 e. The molecular weight excluding hydrogens is 448 g/mol. The minimum absolute atomic E-state index is 0.127. The number of aryl methyl sites for hydroxylation is 2. The summed E-state index contributed by atoms with van der Waals surface area (Å²) >= 11 is 7.24. The summed E-state index contributed by atoms with van der Waals surface area (Å²) in [4.78, 5) is 35.7. The number of ether oxygens (including phenoxy) is 1. The molecule has 5 aromatic rings. The van der Waals surface area contributed by atoms with Crippen LogP contribution < -0.4 is 5.56 Å². The Bertz CT molecular complexity index is 1550. The van der Waals surface area contributed by atoms with Gasteiger partial charge in [-0.15, -0.1) is 11.3 Å². The Morgan fingerprint density at radius 2 is 1.94 bits per heavy atom. The van der Waals surface area contributed by atoms with Crippen molar-refractivity contribution in [2.75, 3.05) is 0 Å². The van der Waals surface area contributed by atoms with Gasteiger partial charge >= 0.3 is 5.97 Å². The third kappa shape index (κ3) is 3.57. The van der Waals surface area contributed by atoms with Crippen molar-refractivity contribution in [2.24, 2.45) is 0 Å². The van der Waals surface area contributed by atoms with E-state index < -0.39 is 5.97 Å². The summed E-state index contributed by atoms with van der Waals surface area (Å²) in [7, 11) is 0. The van der Waals surface area contributed by atoms with Gasteiger partial charge in [-0.25, -0.2) is 14.8 Å². The molecule has 5 rings (SSSR count). The van der Waals surface area contributed by atoms with E-state index in [-0.39, 0.29) is 12.2 Å². The van der Waals surface area contributed by atoms with Crippen LogP contribution in [0.25, 0.3) is 21.6 Å². The van der Waals surface area contributed by atoms with E-state index in [0.717, 1.165) is 27.2 Å². The van der Waals surface area contributed by atoms with Crippen molar-refractivity contribution in [3.05, 3.63) is 92.2 Å². The van der Waals surface area contributed by atoms with Gasteiger partial charge in [0.2, 0.25) is 0 Å². The van der Waals surface area contributed by atoms with Crippen LogP contribution in [-0.4, -0.2) is 24.9 Å². The highest BCUT2D eigenvalue weighted by atomic mass is 35.5. The third-order valence-electron chi connectivity index (χ3n) is 5.04. The maximum Gasteiger partial charge on any atom is 0.350 e. The Hall–Kier alpha value is -3.49. The zero-order chi connectivity index (χ0) is 22.4. The van der Waals surface area contributed by atoms with Crippen LogP contribution >= 0.6 is 22.9 Å². The highest BCUT2D eigenvalue weighted by Crippen LogP contribution is 2.36. The van der Waals surface area contributed by atoms with E-state index in [1.165, 1.54) is 28.0 Å². The summed E-state index contributed by atoms with van der Waals surface area (Å²) < 4.78 is 8.81. The van der Waals surface area contributed by atoms with Gasteiger partial charge in [0.1, 0.15) is 22.0 Å². The van der Waals surface area contributed by atoms with Gasteiger partial charge in [0.15, 0.2) is 0 Å². The molecule has 0 aromatic carbocycles. The minimum Gasteiger partial charge on any atom is -0.455 e. The second-order valence-corrected chi connectivity index (χ2v) is 8.80. The lowest BCUT2D eigenvalue weighted by atomic mass is 10.1. The van der Waals surface area contributed by atoms with E-state index in [9.17, 15) is 9.59 Å². The average molecular weight is 465 g/mol. The number of thiophene rings is 1. The normalized spacial score (nSPS) is 11.3. The molecule has 0 aliphatic heterocycles. The first-order chi connectivity index (χ1) is 15.4. The van der Waals surface area contributed by atoms with Gasteiger partial charge in [0.25, 0.3) is 5.56 Å². The standard InChI is InChI=1S/C23H17ClN4O3S/c1-13-9-14(2)25-22-19(13)20(27-7-3-4-8-27)21(32-22)23(30)31-12-16-10-18(29)28-11-15(24)5-6-17(28)26-16/h3-11H,12H2,1-2H3. The second-order valence-electron chi connectivity index (χ2n) is 7.37. The fraction of sp³-hybridized carbons (Fsp3) is 0.130. The van der Waals surface area contributed by atoms with Gasteiger partial charge in [-0.05, 0) is 49.7 Å². The minimum atomic E-state index is -0.494. The third-order valence-corrected chi connectivity index (χ3v) is 6.31. The van der Waals surface area contributed by atoms with E-state index in [1.54, 1.807) is 12.1 Å². The highest BCUT2D eigenvalue weighted by Gasteiger charge is 2.23. The number of halogens is 1. The van der Waals surface area contributed by atoms with Crippen LogP contribution in [0.15, 0.2) is 59.8 Å². The fourth-order valence-corrected chi connectivity index (χ4v) is 5.05. The predicted octanol–water partition coefficient (Wildman–Crippen LogP) is 4.72. The topological polar surface area (TPSA) is 78.5 Å². The molecule has 0 aliphatic carbocycles. The number of nitrogens with zero attached hydrogens (tertiary/aromatic N) is 4. The first kappa shape index (κ1) is 20.4. The van der Waals surface area contributed by atoms with Crippen molar-refractivity contribution in [1.29, 1.82) is 0 Å². The van der Waals surface area contributed by atoms with Crippen molar-refractivity contribution in [2.45, 2.75) is 20.5 Å². The molecule has 0 radical (unpaired) electrons. The predicted molar refractivity (Wildman–Crippen MR) is 124 cm³/mol. The molecule has 0 atom stereocenters. The van der Waals surface area contributed by atoms with Gasteiger partial charge in [0, 0.05) is 35.7 Å². The molecule has 0 bridgehead atoms. The first-order valence-corrected chi connectivity index (χ1v) is 11.0. The number of rotatable bonds is 4. The van der Waals surface area contributed by atoms with Crippen molar-refractivity contribution in [3.63, 3.8) is 0 Å². The van der Waals surface area contributed by atoms with Crippen molar-refractivity contribution < 1.29 is 9.53 Å². The summed E-state index contributed by atoms with van der Waals surface area (Å²) in [5.41, 5.74) is 3.16.